The maximum atomic E-state index is 11.0. The number of hydrogen-bond acceptors (Lipinski definition) is 4. The molecule has 0 bridgehead atoms. The minimum atomic E-state index is -0.0624. The van der Waals surface area contributed by atoms with E-state index in [0.717, 1.165) is 37.6 Å². The van der Waals surface area contributed by atoms with Gasteiger partial charge < -0.3 is 5.32 Å². The lowest BCUT2D eigenvalue weighted by atomic mass is 10.2. The van der Waals surface area contributed by atoms with Gasteiger partial charge in [0.25, 0.3) is 0 Å². The van der Waals surface area contributed by atoms with Crippen molar-refractivity contribution in [2.24, 2.45) is 0 Å². The van der Waals surface area contributed by atoms with Crippen molar-refractivity contribution < 1.29 is 4.79 Å². The average molecular weight is 375 g/mol. The molecule has 1 amide bonds. The first kappa shape index (κ1) is 17.0. The minimum Gasteiger partial charge on any atom is -0.326 e. The van der Waals surface area contributed by atoms with Crippen molar-refractivity contribution in [3.8, 4) is 10.6 Å². The van der Waals surface area contributed by atoms with Crippen LogP contribution in [0.4, 0.5) is 5.69 Å². The Hall–Kier alpha value is -1.82. The first-order valence-corrected chi connectivity index (χ1v) is 9.55. The summed E-state index contributed by atoms with van der Waals surface area (Å²) in [6, 6.07) is 15.5. The number of aromatic nitrogens is 1. The summed E-state index contributed by atoms with van der Waals surface area (Å²) in [4.78, 5) is 16.8. The van der Waals surface area contributed by atoms with E-state index in [1.54, 1.807) is 23.1 Å². The Bertz CT molecular complexity index is 829. The van der Waals surface area contributed by atoms with Crippen molar-refractivity contribution in [1.29, 1.82) is 0 Å². The number of nitrogens with one attached hydrogen (secondary N) is 1. The lowest BCUT2D eigenvalue weighted by Crippen LogP contribution is -2.05. The number of thiazole rings is 1. The molecule has 6 heteroatoms. The first-order valence-electron chi connectivity index (χ1n) is 7.31. The SMILES string of the molecule is CC(=O)Nc1ccc(SCc2csc(-c3ccc(Cl)cc3)n2)cc1. The summed E-state index contributed by atoms with van der Waals surface area (Å²) in [7, 11) is 0. The Labute approximate surface area is 154 Å². The highest BCUT2D eigenvalue weighted by atomic mass is 35.5. The zero-order chi connectivity index (χ0) is 16.9. The van der Waals surface area contributed by atoms with Gasteiger partial charge >= 0.3 is 0 Å². The molecule has 0 saturated carbocycles. The Morgan fingerprint density at radius 3 is 2.54 bits per heavy atom. The van der Waals surface area contributed by atoms with Gasteiger partial charge in [0.1, 0.15) is 5.01 Å². The monoisotopic (exact) mass is 374 g/mol. The summed E-state index contributed by atoms with van der Waals surface area (Å²) in [5.74, 6) is 0.747. The second-order valence-electron chi connectivity index (χ2n) is 5.15. The number of rotatable bonds is 5. The summed E-state index contributed by atoms with van der Waals surface area (Å²) in [5, 5.41) is 6.58. The van der Waals surface area contributed by atoms with Crippen molar-refractivity contribution in [1.82, 2.24) is 4.98 Å². The van der Waals surface area contributed by atoms with Gasteiger partial charge in [-0.25, -0.2) is 4.98 Å². The van der Waals surface area contributed by atoms with E-state index in [2.05, 4.69) is 15.7 Å². The van der Waals surface area contributed by atoms with E-state index in [4.69, 9.17) is 11.6 Å². The van der Waals surface area contributed by atoms with Crippen LogP contribution in [0.25, 0.3) is 10.6 Å². The van der Waals surface area contributed by atoms with E-state index in [0.29, 0.717) is 0 Å². The number of thioether (sulfide) groups is 1. The molecule has 0 aliphatic rings. The second kappa shape index (κ2) is 7.83. The summed E-state index contributed by atoms with van der Waals surface area (Å²) < 4.78 is 0. The highest BCUT2D eigenvalue weighted by molar-refractivity contribution is 7.98. The predicted molar refractivity (Wildman–Crippen MR) is 103 cm³/mol. The first-order chi connectivity index (χ1) is 11.6. The molecule has 0 radical (unpaired) electrons. The molecule has 24 heavy (non-hydrogen) atoms. The fourth-order valence-electron chi connectivity index (χ4n) is 2.09. The molecular weight excluding hydrogens is 360 g/mol. The molecule has 0 fully saturated rings. The van der Waals surface area contributed by atoms with Crippen LogP contribution in [0.3, 0.4) is 0 Å². The molecule has 1 heterocycles. The number of halogens is 1. The van der Waals surface area contributed by atoms with Crippen LogP contribution in [-0.2, 0) is 10.5 Å². The molecule has 2 aromatic carbocycles. The quantitative estimate of drug-likeness (QED) is 0.581. The average Bonchev–Trinajstić information content (AvgIpc) is 3.03. The van der Waals surface area contributed by atoms with Crippen LogP contribution in [0.5, 0.6) is 0 Å². The van der Waals surface area contributed by atoms with Gasteiger partial charge in [0.2, 0.25) is 5.91 Å². The van der Waals surface area contributed by atoms with E-state index in [1.165, 1.54) is 6.92 Å². The molecule has 1 aromatic heterocycles. The van der Waals surface area contributed by atoms with Crippen LogP contribution < -0.4 is 5.32 Å². The molecule has 3 aromatic rings. The number of anilines is 1. The summed E-state index contributed by atoms with van der Waals surface area (Å²) in [6.07, 6.45) is 0. The van der Waals surface area contributed by atoms with E-state index >= 15 is 0 Å². The van der Waals surface area contributed by atoms with Gasteiger partial charge in [0.05, 0.1) is 5.69 Å². The normalized spacial score (nSPS) is 10.6. The minimum absolute atomic E-state index is 0.0624. The van der Waals surface area contributed by atoms with Gasteiger partial charge in [-0.15, -0.1) is 23.1 Å². The van der Waals surface area contributed by atoms with Gasteiger partial charge in [0, 0.05) is 39.2 Å². The Balaban J connectivity index is 1.61. The molecule has 1 N–H and O–H groups in total. The molecule has 0 atom stereocenters. The largest absolute Gasteiger partial charge is 0.326 e. The molecule has 0 aliphatic carbocycles. The van der Waals surface area contributed by atoms with Crippen molar-refractivity contribution >= 4 is 46.3 Å². The number of carbonyl (C=O) groups excluding carboxylic acids is 1. The molecule has 122 valence electrons. The van der Waals surface area contributed by atoms with E-state index in [-0.39, 0.29) is 5.91 Å². The predicted octanol–water partition coefficient (Wildman–Crippen LogP) is 5.71. The van der Waals surface area contributed by atoms with Crippen LogP contribution >= 0.6 is 34.7 Å². The fourth-order valence-corrected chi connectivity index (χ4v) is 3.94. The van der Waals surface area contributed by atoms with Crippen LogP contribution in [0.2, 0.25) is 5.02 Å². The van der Waals surface area contributed by atoms with Gasteiger partial charge in [-0.3, -0.25) is 4.79 Å². The lowest BCUT2D eigenvalue weighted by Gasteiger charge is -2.03. The number of benzene rings is 2. The third kappa shape index (κ3) is 4.60. The number of amides is 1. The van der Waals surface area contributed by atoms with E-state index in [9.17, 15) is 4.79 Å². The highest BCUT2D eigenvalue weighted by Crippen LogP contribution is 2.29. The zero-order valence-electron chi connectivity index (χ0n) is 13.0. The molecule has 0 saturated heterocycles. The van der Waals surface area contributed by atoms with Gasteiger partial charge in [0.15, 0.2) is 0 Å². The highest BCUT2D eigenvalue weighted by Gasteiger charge is 2.06. The Morgan fingerprint density at radius 1 is 1.17 bits per heavy atom. The molecule has 3 rings (SSSR count). The van der Waals surface area contributed by atoms with Crippen molar-refractivity contribution in [2.45, 2.75) is 17.6 Å². The second-order valence-corrected chi connectivity index (χ2v) is 7.49. The van der Waals surface area contributed by atoms with Crippen molar-refractivity contribution in [3.05, 3.63) is 64.6 Å². The Morgan fingerprint density at radius 2 is 1.88 bits per heavy atom. The summed E-state index contributed by atoms with van der Waals surface area (Å²) in [5.41, 5.74) is 2.95. The third-order valence-corrected chi connectivity index (χ3v) is 5.44. The molecule has 3 nitrogen and oxygen atoms in total. The van der Waals surface area contributed by atoms with Crippen LogP contribution in [0, 0.1) is 0 Å². The van der Waals surface area contributed by atoms with Crippen molar-refractivity contribution in [3.63, 3.8) is 0 Å². The molecule has 0 unspecified atom stereocenters. The van der Waals surface area contributed by atoms with Crippen LogP contribution in [-0.4, -0.2) is 10.9 Å². The number of nitrogens with zero attached hydrogens (tertiary/aromatic N) is 1. The van der Waals surface area contributed by atoms with Crippen LogP contribution in [0.1, 0.15) is 12.6 Å². The molecule has 0 aliphatic heterocycles. The van der Waals surface area contributed by atoms with Gasteiger partial charge in [-0.1, -0.05) is 23.7 Å². The number of hydrogen-bond donors (Lipinski definition) is 1. The maximum Gasteiger partial charge on any atom is 0.221 e. The standard InChI is InChI=1S/C18H15ClN2OS2/c1-12(22)20-15-6-8-17(9-7-15)23-10-16-11-24-18(21-16)13-2-4-14(19)5-3-13/h2-9,11H,10H2,1H3,(H,20,22). The van der Waals surface area contributed by atoms with Gasteiger partial charge in [-0.2, -0.15) is 0 Å². The smallest absolute Gasteiger partial charge is 0.221 e. The van der Waals surface area contributed by atoms with E-state index in [1.807, 2.05) is 48.5 Å². The zero-order valence-corrected chi connectivity index (χ0v) is 15.3. The summed E-state index contributed by atoms with van der Waals surface area (Å²) in [6.45, 7) is 1.50. The van der Waals surface area contributed by atoms with Crippen LogP contribution in [0.15, 0.2) is 58.8 Å². The fraction of sp³-hybridized carbons (Fsp3) is 0.111. The van der Waals surface area contributed by atoms with E-state index < -0.39 is 0 Å². The van der Waals surface area contributed by atoms with Crippen molar-refractivity contribution in [2.75, 3.05) is 5.32 Å². The summed E-state index contributed by atoms with van der Waals surface area (Å²) >= 11 is 9.28. The number of carbonyl (C=O) groups is 1. The third-order valence-electron chi connectivity index (χ3n) is 3.20. The Kier molecular flexibility index (Phi) is 5.56. The molecule has 0 spiro atoms. The maximum absolute atomic E-state index is 11.0. The topological polar surface area (TPSA) is 42.0 Å². The van der Waals surface area contributed by atoms with Gasteiger partial charge in [-0.05, 0) is 36.4 Å². The molecular formula is C18H15ClN2OS2. The lowest BCUT2D eigenvalue weighted by molar-refractivity contribution is -0.114.